The highest BCUT2D eigenvalue weighted by Gasteiger charge is 2.31. The van der Waals surface area contributed by atoms with Crippen LogP contribution in [0, 0.1) is 11.6 Å². The molecule has 11 heteroatoms. The summed E-state index contributed by atoms with van der Waals surface area (Å²) in [4.78, 5) is 40.4. The van der Waals surface area contributed by atoms with Crippen LogP contribution in [0.4, 0.5) is 18.4 Å². The summed E-state index contributed by atoms with van der Waals surface area (Å²) in [7, 11) is 0. The van der Waals surface area contributed by atoms with Gasteiger partial charge in [0.1, 0.15) is 23.6 Å². The molecule has 45 heavy (non-hydrogen) atoms. The quantitative estimate of drug-likeness (QED) is 0.287. The van der Waals surface area contributed by atoms with Crippen LogP contribution in [0.5, 0.6) is 5.75 Å². The van der Waals surface area contributed by atoms with Gasteiger partial charge >= 0.3 is 12.2 Å². The third-order valence-corrected chi connectivity index (χ3v) is 7.29. The molecule has 0 bridgehead atoms. The third-order valence-electron chi connectivity index (χ3n) is 7.29. The number of benzene rings is 2. The normalized spacial score (nSPS) is 15.0. The lowest BCUT2D eigenvalue weighted by atomic mass is 9.95. The molecular weight excluding hydrogens is 584 g/mol. The lowest BCUT2D eigenvalue weighted by Gasteiger charge is -2.35. The molecule has 1 aliphatic heterocycles. The summed E-state index contributed by atoms with van der Waals surface area (Å²) in [6, 6.07) is 6.68. The molecular formula is C34H43F2N3O6. The molecule has 1 N–H and O–H groups in total. The predicted molar refractivity (Wildman–Crippen MR) is 167 cm³/mol. The van der Waals surface area contributed by atoms with Gasteiger partial charge in [0.05, 0.1) is 5.52 Å². The third kappa shape index (κ3) is 8.59. The first-order chi connectivity index (χ1) is 21.1. The molecule has 4 rings (SSSR count). The maximum atomic E-state index is 14.7. The SMILES string of the molecule is CCCN(CCCc1cn(C(=O)OC(C)(C)C)c2ccc(F)cc12)[C@H]1COc2c(F)ccc(C(=O)NC(=O)OC(C)(C)C)c2C1. The number of aromatic nitrogens is 1. The number of aryl methyl sites for hydroxylation is 1. The minimum absolute atomic E-state index is 0.0107. The molecule has 0 spiro atoms. The molecule has 2 heterocycles. The van der Waals surface area contributed by atoms with E-state index in [1.807, 2.05) is 0 Å². The Morgan fingerprint density at radius 2 is 1.73 bits per heavy atom. The van der Waals surface area contributed by atoms with Crippen LogP contribution >= 0.6 is 0 Å². The van der Waals surface area contributed by atoms with Crippen molar-refractivity contribution in [3.8, 4) is 5.75 Å². The van der Waals surface area contributed by atoms with Gasteiger partial charge in [0.15, 0.2) is 11.6 Å². The van der Waals surface area contributed by atoms with E-state index in [2.05, 4.69) is 17.1 Å². The van der Waals surface area contributed by atoms with Gasteiger partial charge in [-0.05, 0) is 116 Å². The highest BCUT2D eigenvalue weighted by atomic mass is 19.1. The van der Waals surface area contributed by atoms with E-state index in [0.29, 0.717) is 42.3 Å². The number of carbonyl (C=O) groups excluding carboxylic acids is 3. The number of imide groups is 1. The van der Waals surface area contributed by atoms with Crippen molar-refractivity contribution in [1.82, 2.24) is 14.8 Å². The number of nitrogens with zero attached hydrogens (tertiary/aromatic N) is 2. The average molecular weight is 628 g/mol. The van der Waals surface area contributed by atoms with Crippen molar-refractivity contribution < 1.29 is 37.4 Å². The molecule has 0 radical (unpaired) electrons. The first-order valence-electron chi connectivity index (χ1n) is 15.3. The van der Waals surface area contributed by atoms with Gasteiger partial charge in [0.25, 0.3) is 5.91 Å². The van der Waals surface area contributed by atoms with Crippen LogP contribution in [0.1, 0.15) is 82.8 Å². The van der Waals surface area contributed by atoms with Gasteiger partial charge < -0.3 is 14.2 Å². The van der Waals surface area contributed by atoms with Gasteiger partial charge in [-0.1, -0.05) is 6.92 Å². The summed E-state index contributed by atoms with van der Waals surface area (Å²) in [5, 5.41) is 2.88. The van der Waals surface area contributed by atoms with E-state index in [0.717, 1.165) is 24.6 Å². The van der Waals surface area contributed by atoms with E-state index in [4.69, 9.17) is 14.2 Å². The van der Waals surface area contributed by atoms with Crippen molar-refractivity contribution in [3.05, 3.63) is 64.9 Å². The molecule has 2 amide bonds. The number of amides is 2. The Bertz CT molecular complexity index is 1570. The summed E-state index contributed by atoms with van der Waals surface area (Å²) in [5.74, 6) is -1.65. The standard InChI is InChI=1S/C34H43F2N3O6/c1-8-15-38(16-9-10-21-19-39(32(42)45-34(5,6)7)28-14-11-22(35)17-25(21)28)23-18-26-24(12-13-27(36)29(26)43-20-23)30(40)37-31(41)44-33(2,3)4/h11-14,17,19,23H,8-10,15-16,18,20H2,1-7H3,(H,37,40,41)/t23-/m1/s1. The number of nitrogens with one attached hydrogen (secondary N) is 1. The molecule has 244 valence electrons. The topological polar surface area (TPSA) is 99.1 Å². The summed E-state index contributed by atoms with van der Waals surface area (Å²) < 4.78 is 47.0. The number of carbonyl (C=O) groups is 3. The Balaban J connectivity index is 1.50. The van der Waals surface area contributed by atoms with Crippen molar-refractivity contribution >= 4 is 29.0 Å². The van der Waals surface area contributed by atoms with Gasteiger partial charge in [-0.15, -0.1) is 0 Å². The van der Waals surface area contributed by atoms with Crippen LogP contribution in [0.3, 0.4) is 0 Å². The Morgan fingerprint density at radius 3 is 2.40 bits per heavy atom. The van der Waals surface area contributed by atoms with Crippen LogP contribution in [0.2, 0.25) is 0 Å². The van der Waals surface area contributed by atoms with Crippen LogP contribution in [-0.4, -0.2) is 64.5 Å². The summed E-state index contributed by atoms with van der Waals surface area (Å²) in [6.45, 7) is 14.1. The average Bonchev–Trinajstić information content (AvgIpc) is 3.28. The number of ether oxygens (including phenoxy) is 3. The van der Waals surface area contributed by atoms with E-state index in [1.165, 1.54) is 22.8 Å². The second-order valence-corrected chi connectivity index (χ2v) is 13.3. The summed E-state index contributed by atoms with van der Waals surface area (Å²) in [6.07, 6.45) is 2.73. The molecule has 0 aliphatic carbocycles. The van der Waals surface area contributed by atoms with Gasteiger partial charge in [0.2, 0.25) is 0 Å². The first kappa shape index (κ1) is 33.9. The summed E-state index contributed by atoms with van der Waals surface area (Å²) >= 11 is 0. The molecule has 3 aromatic rings. The molecule has 1 atom stereocenters. The smallest absolute Gasteiger partial charge is 0.419 e. The minimum atomic E-state index is -0.889. The maximum absolute atomic E-state index is 14.7. The number of hydrogen-bond acceptors (Lipinski definition) is 7. The fourth-order valence-electron chi connectivity index (χ4n) is 5.51. The Morgan fingerprint density at radius 1 is 1.02 bits per heavy atom. The summed E-state index contributed by atoms with van der Waals surface area (Å²) in [5.41, 5.74) is 0.455. The van der Waals surface area contributed by atoms with Crippen molar-refractivity contribution in [2.45, 2.75) is 91.4 Å². The van der Waals surface area contributed by atoms with E-state index in [1.54, 1.807) is 53.8 Å². The fourth-order valence-corrected chi connectivity index (χ4v) is 5.51. The predicted octanol–water partition coefficient (Wildman–Crippen LogP) is 7.02. The van der Waals surface area contributed by atoms with Crippen molar-refractivity contribution in [2.24, 2.45) is 0 Å². The van der Waals surface area contributed by atoms with Crippen molar-refractivity contribution in [3.63, 3.8) is 0 Å². The molecule has 0 saturated heterocycles. The lowest BCUT2D eigenvalue weighted by molar-refractivity contribution is 0.0502. The molecule has 9 nitrogen and oxygen atoms in total. The molecule has 0 saturated carbocycles. The molecule has 1 aliphatic rings. The second-order valence-electron chi connectivity index (χ2n) is 13.3. The van der Waals surface area contributed by atoms with Gasteiger partial charge in [-0.25, -0.2) is 18.4 Å². The number of halogens is 2. The monoisotopic (exact) mass is 627 g/mol. The maximum Gasteiger partial charge on any atom is 0.419 e. The first-order valence-corrected chi connectivity index (χ1v) is 15.3. The zero-order chi connectivity index (χ0) is 33.1. The Hall–Kier alpha value is -3.99. The highest BCUT2D eigenvalue weighted by Crippen LogP contribution is 2.33. The fraction of sp³-hybridized carbons (Fsp3) is 0.500. The minimum Gasteiger partial charge on any atom is -0.489 e. The number of hydrogen-bond donors (Lipinski definition) is 1. The molecule has 0 unspecified atom stereocenters. The molecule has 1 aromatic heterocycles. The largest absolute Gasteiger partial charge is 0.489 e. The number of fused-ring (bicyclic) bond motifs is 2. The highest BCUT2D eigenvalue weighted by molar-refractivity contribution is 6.04. The second kappa shape index (κ2) is 13.6. The van der Waals surface area contributed by atoms with Crippen molar-refractivity contribution in [1.29, 1.82) is 0 Å². The lowest BCUT2D eigenvalue weighted by Crippen LogP contribution is -2.45. The van der Waals surface area contributed by atoms with E-state index in [9.17, 15) is 23.2 Å². The van der Waals surface area contributed by atoms with E-state index < -0.39 is 40.9 Å². The number of rotatable bonds is 8. The Labute approximate surface area is 262 Å². The van der Waals surface area contributed by atoms with Crippen molar-refractivity contribution in [2.75, 3.05) is 19.7 Å². The van der Waals surface area contributed by atoms with Gasteiger partial charge in [-0.3, -0.25) is 19.6 Å². The van der Waals surface area contributed by atoms with E-state index >= 15 is 0 Å². The van der Waals surface area contributed by atoms with Crippen LogP contribution < -0.4 is 10.1 Å². The zero-order valence-corrected chi connectivity index (χ0v) is 27.1. The van der Waals surface area contributed by atoms with Crippen LogP contribution in [0.25, 0.3) is 10.9 Å². The molecule has 0 fully saturated rings. The van der Waals surface area contributed by atoms with Crippen LogP contribution in [-0.2, 0) is 22.3 Å². The van der Waals surface area contributed by atoms with Crippen LogP contribution in [0.15, 0.2) is 36.5 Å². The number of alkyl carbamates (subject to hydrolysis) is 1. The Kier molecular flexibility index (Phi) is 10.2. The zero-order valence-electron chi connectivity index (χ0n) is 27.1. The van der Waals surface area contributed by atoms with E-state index in [-0.39, 0.29) is 24.0 Å². The van der Waals surface area contributed by atoms with Gasteiger partial charge in [-0.2, -0.15) is 0 Å². The van der Waals surface area contributed by atoms with Gasteiger partial charge in [0, 0.05) is 28.8 Å². The molecule has 2 aromatic carbocycles.